The van der Waals surface area contributed by atoms with Crippen LogP contribution in [-0.2, 0) is 6.42 Å². The molecule has 3 aliphatic rings. The fraction of sp³-hybridized carbons (Fsp3) is 0.636. The van der Waals surface area contributed by atoms with Gasteiger partial charge in [-0.25, -0.2) is 4.39 Å². The Morgan fingerprint density at radius 1 is 1.17 bits per heavy atom. The van der Waals surface area contributed by atoms with E-state index in [9.17, 15) is 0 Å². The number of ether oxygens (including phenoxy) is 1. The summed E-state index contributed by atoms with van der Waals surface area (Å²) in [5.41, 5.74) is 3.32. The minimum Gasteiger partial charge on any atom is -0.493 e. The van der Waals surface area contributed by atoms with Crippen molar-refractivity contribution in [3.8, 4) is 5.75 Å². The van der Waals surface area contributed by atoms with Crippen LogP contribution in [0.4, 0.5) is 10.1 Å². The largest absolute Gasteiger partial charge is 0.493 e. The quantitative estimate of drug-likeness (QED) is 0.532. The molecule has 3 heterocycles. The van der Waals surface area contributed by atoms with E-state index in [1.54, 1.807) is 0 Å². The number of allylic oxidation sites excluding steroid dienone is 1. The third-order valence-electron chi connectivity index (χ3n) is 6.17. The van der Waals surface area contributed by atoms with Gasteiger partial charge in [-0.1, -0.05) is 6.08 Å². The van der Waals surface area contributed by atoms with E-state index >= 15 is 4.39 Å². The molecule has 3 aliphatic heterocycles. The first kappa shape index (κ1) is 20.6. The first-order chi connectivity index (χ1) is 14.0. The summed E-state index contributed by atoms with van der Waals surface area (Å²) in [6.07, 6.45) is 6.80. The van der Waals surface area contributed by atoms with Crippen molar-refractivity contribution in [3.63, 3.8) is 0 Å². The lowest BCUT2D eigenvalue weighted by molar-refractivity contribution is 0.248. The lowest BCUT2D eigenvalue weighted by Crippen LogP contribution is -2.63. The molecule has 4 rings (SSSR count). The van der Waals surface area contributed by atoms with Crippen LogP contribution in [0.3, 0.4) is 0 Å². The molecule has 7 heteroatoms. The Bertz CT molecular complexity index is 768. The van der Waals surface area contributed by atoms with Crippen LogP contribution in [0.1, 0.15) is 50.7 Å². The average molecular weight is 404 g/mol. The fourth-order valence-corrected chi connectivity index (χ4v) is 4.53. The van der Waals surface area contributed by atoms with Crippen molar-refractivity contribution in [1.29, 1.82) is 0 Å². The maximum Gasteiger partial charge on any atom is 0.157 e. The summed E-state index contributed by atoms with van der Waals surface area (Å²) in [6, 6.07) is 2.69. The molecule has 29 heavy (non-hydrogen) atoms. The minimum absolute atomic E-state index is 0.185. The maximum atomic E-state index is 15.8. The molecule has 160 valence electrons. The van der Waals surface area contributed by atoms with Gasteiger partial charge in [0, 0.05) is 18.6 Å². The number of hydrogen-bond acceptors (Lipinski definition) is 6. The lowest BCUT2D eigenvalue weighted by Gasteiger charge is -2.37. The second-order valence-corrected chi connectivity index (χ2v) is 8.52. The van der Waals surface area contributed by atoms with E-state index < -0.39 is 0 Å². The first-order valence-corrected chi connectivity index (χ1v) is 10.9. The van der Waals surface area contributed by atoms with Gasteiger partial charge < -0.3 is 20.7 Å². The van der Waals surface area contributed by atoms with Crippen LogP contribution in [0.2, 0.25) is 0 Å². The molecule has 0 aromatic heterocycles. The van der Waals surface area contributed by atoms with Crippen molar-refractivity contribution < 1.29 is 9.13 Å². The highest BCUT2D eigenvalue weighted by Gasteiger charge is 2.28. The first-order valence-electron chi connectivity index (χ1n) is 10.9. The van der Waals surface area contributed by atoms with E-state index in [1.165, 1.54) is 0 Å². The van der Waals surface area contributed by atoms with E-state index in [2.05, 4.69) is 46.5 Å². The molecule has 1 saturated heterocycles. The van der Waals surface area contributed by atoms with Crippen molar-refractivity contribution in [1.82, 2.24) is 21.3 Å². The Kier molecular flexibility index (Phi) is 6.39. The third-order valence-corrected chi connectivity index (χ3v) is 6.17. The van der Waals surface area contributed by atoms with Gasteiger partial charge in [-0.05, 0) is 70.2 Å². The molecule has 0 amide bonds. The Hall–Kier alpha value is -1.67. The van der Waals surface area contributed by atoms with Crippen molar-refractivity contribution in [2.45, 2.75) is 70.5 Å². The Morgan fingerprint density at radius 3 is 2.86 bits per heavy atom. The number of hydrogen-bond donors (Lipinski definition) is 5. The van der Waals surface area contributed by atoms with Gasteiger partial charge in [-0.15, -0.1) is 0 Å². The van der Waals surface area contributed by atoms with Crippen LogP contribution < -0.4 is 31.3 Å². The molecule has 3 unspecified atom stereocenters. The Morgan fingerprint density at radius 2 is 2.03 bits per heavy atom. The second-order valence-electron chi connectivity index (χ2n) is 8.52. The van der Waals surface area contributed by atoms with Crippen LogP contribution in [0.5, 0.6) is 5.75 Å². The van der Waals surface area contributed by atoms with Crippen LogP contribution in [0.15, 0.2) is 12.1 Å². The molecule has 1 fully saturated rings. The van der Waals surface area contributed by atoms with Crippen molar-refractivity contribution in [2.75, 3.05) is 25.5 Å². The molecule has 0 radical (unpaired) electrons. The molecule has 6 nitrogen and oxygen atoms in total. The number of benzene rings is 1. The van der Waals surface area contributed by atoms with Gasteiger partial charge in [-0.3, -0.25) is 10.6 Å². The van der Waals surface area contributed by atoms with Gasteiger partial charge in [0.05, 0.1) is 24.0 Å². The van der Waals surface area contributed by atoms with E-state index in [0.29, 0.717) is 29.9 Å². The van der Waals surface area contributed by atoms with E-state index in [-0.39, 0.29) is 18.3 Å². The maximum absolute atomic E-state index is 15.8. The average Bonchev–Trinajstić information content (AvgIpc) is 2.92. The normalized spacial score (nSPS) is 30.0. The van der Waals surface area contributed by atoms with Gasteiger partial charge >= 0.3 is 0 Å². The molecular formula is C22H34FN5O. The predicted octanol–water partition coefficient (Wildman–Crippen LogP) is 2.52. The smallest absolute Gasteiger partial charge is 0.157 e. The van der Waals surface area contributed by atoms with Crippen LogP contribution in [0.25, 0.3) is 5.57 Å². The fourth-order valence-electron chi connectivity index (χ4n) is 4.53. The zero-order chi connectivity index (χ0) is 20.4. The van der Waals surface area contributed by atoms with Gasteiger partial charge in [-0.2, -0.15) is 0 Å². The summed E-state index contributed by atoms with van der Waals surface area (Å²) < 4.78 is 21.8. The summed E-state index contributed by atoms with van der Waals surface area (Å²) in [7, 11) is 1.94. The van der Waals surface area contributed by atoms with Crippen molar-refractivity contribution in [3.05, 3.63) is 29.1 Å². The highest BCUT2D eigenvalue weighted by Crippen LogP contribution is 2.41. The molecule has 5 N–H and O–H groups in total. The molecule has 1 aromatic carbocycles. The van der Waals surface area contributed by atoms with Crippen LogP contribution in [0, 0.1) is 5.82 Å². The molecular weight excluding hydrogens is 369 g/mol. The van der Waals surface area contributed by atoms with E-state index in [1.807, 2.05) is 13.1 Å². The number of nitrogens with one attached hydrogen (secondary N) is 5. The van der Waals surface area contributed by atoms with E-state index in [4.69, 9.17) is 4.74 Å². The van der Waals surface area contributed by atoms with Crippen LogP contribution >= 0.6 is 0 Å². The molecule has 0 spiro atoms. The molecule has 4 atom stereocenters. The molecule has 0 bridgehead atoms. The highest BCUT2D eigenvalue weighted by molar-refractivity contribution is 5.77. The molecule has 0 aliphatic carbocycles. The molecule has 1 aromatic rings. The highest BCUT2D eigenvalue weighted by atomic mass is 19.1. The van der Waals surface area contributed by atoms with Gasteiger partial charge in [0.2, 0.25) is 0 Å². The van der Waals surface area contributed by atoms with Gasteiger partial charge in [0.25, 0.3) is 0 Å². The third kappa shape index (κ3) is 4.58. The second kappa shape index (κ2) is 9.00. The topological polar surface area (TPSA) is 69.4 Å². The Labute approximate surface area is 173 Å². The minimum atomic E-state index is -0.214. The summed E-state index contributed by atoms with van der Waals surface area (Å²) in [5.74, 6) is 0.528. The van der Waals surface area contributed by atoms with Crippen molar-refractivity contribution in [2.24, 2.45) is 0 Å². The van der Waals surface area contributed by atoms with Gasteiger partial charge in [0.1, 0.15) is 12.0 Å². The summed E-state index contributed by atoms with van der Waals surface area (Å²) in [5, 5.41) is 17.0. The summed E-state index contributed by atoms with van der Waals surface area (Å²) in [4.78, 5) is 0. The van der Waals surface area contributed by atoms with Gasteiger partial charge in [0.15, 0.2) is 5.82 Å². The zero-order valence-corrected chi connectivity index (χ0v) is 17.7. The standard InChI is InChI=1S/C22H34FN5O/c1-13-6-7-15(8-9-25-13)19-20(23)17(12-16-5-4-10-29-21(16)19)27-22-26-14(2)11-18(24-3)28-22/h8,12-14,18,22,24-28H,4-7,9-11H2,1-3H3/t13-,14?,18?,22?/m0/s1. The summed E-state index contributed by atoms with van der Waals surface area (Å²) in [6.45, 7) is 5.74. The number of anilines is 1. The van der Waals surface area contributed by atoms with Crippen LogP contribution in [-0.4, -0.2) is 44.7 Å². The number of halogens is 1. The molecule has 0 saturated carbocycles. The number of rotatable bonds is 4. The van der Waals surface area contributed by atoms with E-state index in [0.717, 1.165) is 55.5 Å². The predicted molar refractivity (Wildman–Crippen MR) is 116 cm³/mol. The number of fused-ring (bicyclic) bond motifs is 1. The van der Waals surface area contributed by atoms with Crippen molar-refractivity contribution >= 4 is 11.3 Å². The summed E-state index contributed by atoms with van der Waals surface area (Å²) >= 11 is 0. The Balaban J connectivity index is 1.67. The SMILES string of the molecule is CNC1CC(C)NC(Nc2cc3c(c(C4=CCN[C@@H](C)CC4)c2F)OCCC3)N1. The zero-order valence-electron chi connectivity index (χ0n) is 17.7. The lowest BCUT2D eigenvalue weighted by atomic mass is 9.93. The monoisotopic (exact) mass is 403 g/mol. The number of aryl methyl sites for hydroxylation is 1.